The average Bonchev–Trinajstić information content (AvgIpc) is 2.05. The van der Waals surface area contributed by atoms with Crippen LogP contribution in [0.3, 0.4) is 0 Å². The molecule has 0 fully saturated rings. The highest BCUT2D eigenvalue weighted by Gasteiger charge is 2.09. The third-order valence-corrected chi connectivity index (χ3v) is 2.00. The number of hydrogen-bond acceptors (Lipinski definition) is 1. The van der Waals surface area contributed by atoms with Crippen LogP contribution < -0.4 is 5.32 Å². The molecule has 12 heavy (non-hydrogen) atoms. The van der Waals surface area contributed by atoms with Crippen molar-refractivity contribution in [3.63, 3.8) is 0 Å². The van der Waals surface area contributed by atoms with Crippen molar-refractivity contribution < 1.29 is 4.79 Å². The van der Waals surface area contributed by atoms with Gasteiger partial charge in [0.25, 0.3) is 0 Å². The second kappa shape index (κ2) is 7.14. The predicted molar refractivity (Wildman–Crippen MR) is 52.0 cm³/mol. The lowest BCUT2D eigenvalue weighted by molar-refractivity contribution is -0.124. The molecule has 0 aliphatic heterocycles. The number of nitrogens with one attached hydrogen (secondary N) is 1. The quantitative estimate of drug-likeness (QED) is 0.611. The summed E-state index contributed by atoms with van der Waals surface area (Å²) < 4.78 is 0. The summed E-state index contributed by atoms with van der Waals surface area (Å²) in [6.45, 7) is 7.06. The van der Waals surface area contributed by atoms with Gasteiger partial charge in [0.1, 0.15) is 0 Å². The Labute approximate surface area is 75.7 Å². The lowest BCUT2D eigenvalue weighted by Gasteiger charge is -2.10. The van der Waals surface area contributed by atoms with Crippen molar-refractivity contribution in [1.29, 1.82) is 0 Å². The molecule has 0 rings (SSSR count). The molecule has 0 aliphatic rings. The van der Waals surface area contributed by atoms with Crippen LogP contribution in [0.2, 0.25) is 0 Å². The predicted octanol–water partition coefficient (Wildman–Crippen LogP) is 2.34. The van der Waals surface area contributed by atoms with E-state index < -0.39 is 0 Å². The highest BCUT2D eigenvalue weighted by Crippen LogP contribution is 2.04. The van der Waals surface area contributed by atoms with Gasteiger partial charge in [-0.3, -0.25) is 4.79 Å². The van der Waals surface area contributed by atoms with Crippen LogP contribution in [0.4, 0.5) is 0 Å². The van der Waals surface area contributed by atoms with E-state index in [1.165, 1.54) is 0 Å². The fraction of sp³-hybridized carbons (Fsp3) is 0.900. The van der Waals surface area contributed by atoms with Gasteiger partial charge >= 0.3 is 0 Å². The molecule has 72 valence electrons. The van der Waals surface area contributed by atoms with Gasteiger partial charge in [0, 0.05) is 12.5 Å². The lowest BCUT2D eigenvalue weighted by atomic mass is 10.1. The molecule has 1 unspecified atom stereocenters. The lowest BCUT2D eigenvalue weighted by Crippen LogP contribution is -2.29. The summed E-state index contributed by atoms with van der Waals surface area (Å²) in [4.78, 5) is 11.3. The van der Waals surface area contributed by atoms with Crippen LogP contribution in [0.1, 0.15) is 46.5 Å². The first-order chi connectivity index (χ1) is 5.72. The first-order valence-corrected chi connectivity index (χ1v) is 5.00. The Hall–Kier alpha value is -0.530. The highest BCUT2D eigenvalue weighted by molar-refractivity contribution is 5.78. The molecule has 0 heterocycles. The Bertz CT molecular complexity index is 123. The van der Waals surface area contributed by atoms with Gasteiger partial charge in [0.2, 0.25) is 5.91 Å². The van der Waals surface area contributed by atoms with Crippen LogP contribution in [0.5, 0.6) is 0 Å². The number of unbranched alkanes of at least 4 members (excludes halogenated alkanes) is 1. The smallest absolute Gasteiger partial charge is 0.222 e. The molecule has 1 atom stereocenters. The summed E-state index contributed by atoms with van der Waals surface area (Å²) in [6, 6.07) is 0. The standard InChI is InChI=1S/C10H21NO/c1-4-6-8-11-10(12)9(3)7-5-2/h9H,4-8H2,1-3H3,(H,11,12). The molecule has 0 aromatic heterocycles. The minimum Gasteiger partial charge on any atom is -0.356 e. The van der Waals surface area contributed by atoms with E-state index in [2.05, 4.69) is 19.2 Å². The topological polar surface area (TPSA) is 29.1 Å². The molecular weight excluding hydrogens is 150 g/mol. The summed E-state index contributed by atoms with van der Waals surface area (Å²) in [6.07, 6.45) is 4.31. The minimum atomic E-state index is 0.187. The molecule has 2 nitrogen and oxygen atoms in total. The molecule has 0 saturated heterocycles. The monoisotopic (exact) mass is 171 g/mol. The van der Waals surface area contributed by atoms with Crippen molar-refractivity contribution >= 4 is 5.91 Å². The van der Waals surface area contributed by atoms with Gasteiger partial charge in [0.15, 0.2) is 0 Å². The Balaban J connectivity index is 3.43. The molecule has 0 spiro atoms. The summed E-state index contributed by atoms with van der Waals surface area (Å²) in [5.41, 5.74) is 0. The van der Waals surface area contributed by atoms with Gasteiger partial charge in [0.05, 0.1) is 0 Å². The van der Waals surface area contributed by atoms with Crippen LogP contribution >= 0.6 is 0 Å². The van der Waals surface area contributed by atoms with Gasteiger partial charge < -0.3 is 5.32 Å². The maximum atomic E-state index is 11.3. The molecule has 0 aromatic carbocycles. The molecule has 0 aliphatic carbocycles. The summed E-state index contributed by atoms with van der Waals surface area (Å²) in [7, 11) is 0. The zero-order chi connectivity index (χ0) is 9.40. The van der Waals surface area contributed by atoms with Crippen molar-refractivity contribution in [2.75, 3.05) is 6.54 Å². The first-order valence-electron chi connectivity index (χ1n) is 5.00. The summed E-state index contributed by atoms with van der Waals surface area (Å²) in [5.74, 6) is 0.400. The third-order valence-electron chi connectivity index (χ3n) is 2.00. The Morgan fingerprint density at radius 1 is 1.33 bits per heavy atom. The Morgan fingerprint density at radius 2 is 2.00 bits per heavy atom. The number of amides is 1. The summed E-state index contributed by atoms with van der Waals surface area (Å²) >= 11 is 0. The molecule has 0 aromatic rings. The van der Waals surface area contributed by atoms with Crippen LogP contribution in [0.25, 0.3) is 0 Å². The number of rotatable bonds is 6. The fourth-order valence-electron chi connectivity index (χ4n) is 1.13. The normalized spacial score (nSPS) is 12.6. The molecule has 2 heteroatoms. The van der Waals surface area contributed by atoms with Crippen LogP contribution in [0, 0.1) is 5.92 Å². The largest absolute Gasteiger partial charge is 0.356 e. The Morgan fingerprint density at radius 3 is 2.50 bits per heavy atom. The first kappa shape index (κ1) is 11.5. The number of carbonyl (C=O) groups excluding carboxylic acids is 1. The van der Waals surface area contributed by atoms with E-state index in [9.17, 15) is 4.79 Å². The average molecular weight is 171 g/mol. The molecule has 1 amide bonds. The molecule has 1 N–H and O–H groups in total. The van der Waals surface area contributed by atoms with Gasteiger partial charge in [-0.2, -0.15) is 0 Å². The fourth-order valence-corrected chi connectivity index (χ4v) is 1.13. The minimum absolute atomic E-state index is 0.187. The second-order valence-electron chi connectivity index (χ2n) is 3.33. The Kier molecular flexibility index (Phi) is 6.82. The van der Waals surface area contributed by atoms with Gasteiger partial charge in [-0.25, -0.2) is 0 Å². The molecular formula is C10H21NO. The van der Waals surface area contributed by atoms with E-state index in [1.807, 2.05) is 6.92 Å². The maximum absolute atomic E-state index is 11.3. The van der Waals surface area contributed by atoms with E-state index in [4.69, 9.17) is 0 Å². The van der Waals surface area contributed by atoms with E-state index in [0.717, 1.165) is 32.2 Å². The summed E-state index contributed by atoms with van der Waals surface area (Å²) in [5, 5.41) is 2.93. The van der Waals surface area contributed by atoms with Crippen LogP contribution in [-0.2, 0) is 4.79 Å². The van der Waals surface area contributed by atoms with Crippen molar-refractivity contribution in [3.8, 4) is 0 Å². The van der Waals surface area contributed by atoms with Crippen molar-refractivity contribution in [2.45, 2.75) is 46.5 Å². The highest BCUT2D eigenvalue weighted by atomic mass is 16.1. The van der Waals surface area contributed by atoms with E-state index >= 15 is 0 Å². The van der Waals surface area contributed by atoms with Crippen molar-refractivity contribution in [1.82, 2.24) is 5.32 Å². The maximum Gasteiger partial charge on any atom is 0.222 e. The molecule has 0 bridgehead atoms. The van der Waals surface area contributed by atoms with E-state index in [0.29, 0.717) is 0 Å². The zero-order valence-electron chi connectivity index (χ0n) is 8.52. The van der Waals surface area contributed by atoms with Crippen LogP contribution in [-0.4, -0.2) is 12.5 Å². The van der Waals surface area contributed by atoms with E-state index in [-0.39, 0.29) is 11.8 Å². The van der Waals surface area contributed by atoms with Crippen molar-refractivity contribution in [2.24, 2.45) is 5.92 Å². The molecule has 0 saturated carbocycles. The third kappa shape index (κ3) is 5.16. The van der Waals surface area contributed by atoms with Gasteiger partial charge in [-0.1, -0.05) is 33.6 Å². The molecule has 0 radical (unpaired) electrons. The van der Waals surface area contributed by atoms with Gasteiger partial charge in [-0.15, -0.1) is 0 Å². The SMILES string of the molecule is CCCCNC(=O)C(C)CCC. The van der Waals surface area contributed by atoms with Crippen LogP contribution in [0.15, 0.2) is 0 Å². The van der Waals surface area contributed by atoms with E-state index in [1.54, 1.807) is 0 Å². The van der Waals surface area contributed by atoms with Crippen molar-refractivity contribution in [3.05, 3.63) is 0 Å². The number of hydrogen-bond donors (Lipinski definition) is 1. The van der Waals surface area contributed by atoms with Gasteiger partial charge in [-0.05, 0) is 12.8 Å². The second-order valence-corrected chi connectivity index (χ2v) is 3.33. The number of carbonyl (C=O) groups is 1. The zero-order valence-corrected chi connectivity index (χ0v) is 8.52.